The number of aromatic nitrogens is 2. The molecule has 0 unspecified atom stereocenters. The topological polar surface area (TPSA) is 66.4 Å². The molecule has 0 saturated carbocycles. The van der Waals surface area contributed by atoms with Crippen LogP contribution < -0.4 is 4.90 Å². The summed E-state index contributed by atoms with van der Waals surface area (Å²) < 4.78 is 13.5. The summed E-state index contributed by atoms with van der Waals surface area (Å²) >= 11 is 0. The van der Waals surface area contributed by atoms with E-state index in [2.05, 4.69) is 9.97 Å². The minimum absolute atomic E-state index is 0.00625. The Morgan fingerprint density at radius 3 is 2.77 bits per heavy atom. The summed E-state index contributed by atoms with van der Waals surface area (Å²) in [4.78, 5) is 36.6. The van der Waals surface area contributed by atoms with Crippen LogP contribution in [-0.4, -0.2) is 45.8 Å². The van der Waals surface area contributed by atoms with Gasteiger partial charge in [0.2, 0.25) is 5.91 Å². The van der Waals surface area contributed by atoms with E-state index in [0.29, 0.717) is 13.1 Å². The van der Waals surface area contributed by atoms with E-state index in [4.69, 9.17) is 0 Å². The minimum atomic E-state index is -0.282. The van der Waals surface area contributed by atoms with Crippen LogP contribution in [0, 0.1) is 11.7 Å². The van der Waals surface area contributed by atoms with Crippen molar-refractivity contribution in [2.24, 2.45) is 5.92 Å². The molecular weight excluding hydrogens is 335 g/mol. The first kappa shape index (κ1) is 16.6. The van der Waals surface area contributed by atoms with Crippen molar-refractivity contribution in [2.75, 3.05) is 18.0 Å². The smallest absolute Gasteiger partial charge is 0.274 e. The molecule has 0 bridgehead atoms. The number of carbonyl (C=O) groups excluding carboxylic acids is 2. The zero-order valence-corrected chi connectivity index (χ0v) is 14.4. The number of rotatable bonds is 2. The van der Waals surface area contributed by atoms with E-state index in [-0.39, 0.29) is 35.3 Å². The molecule has 7 heteroatoms. The van der Waals surface area contributed by atoms with Crippen molar-refractivity contribution in [3.8, 4) is 0 Å². The maximum atomic E-state index is 13.5. The molecule has 4 rings (SSSR count). The van der Waals surface area contributed by atoms with E-state index in [1.165, 1.54) is 30.7 Å². The number of fused-ring (bicyclic) bond motifs is 1. The molecule has 0 radical (unpaired) electrons. The number of benzene rings is 1. The molecule has 2 amide bonds. The largest absolute Gasteiger partial charge is 0.336 e. The Morgan fingerprint density at radius 2 is 2.04 bits per heavy atom. The first-order valence-corrected chi connectivity index (χ1v) is 8.71. The Morgan fingerprint density at radius 1 is 1.23 bits per heavy atom. The van der Waals surface area contributed by atoms with Crippen LogP contribution in [-0.2, 0) is 11.2 Å². The highest BCUT2D eigenvalue weighted by molar-refractivity contribution is 6.00. The first-order valence-electron chi connectivity index (χ1n) is 8.71. The van der Waals surface area contributed by atoms with Crippen molar-refractivity contribution in [1.29, 1.82) is 0 Å². The van der Waals surface area contributed by atoms with Gasteiger partial charge in [0.1, 0.15) is 11.5 Å². The summed E-state index contributed by atoms with van der Waals surface area (Å²) in [7, 11) is 0. The molecule has 134 valence electrons. The Kier molecular flexibility index (Phi) is 4.14. The number of halogens is 1. The van der Waals surface area contributed by atoms with Gasteiger partial charge >= 0.3 is 0 Å². The van der Waals surface area contributed by atoms with E-state index < -0.39 is 0 Å². The van der Waals surface area contributed by atoms with Crippen LogP contribution in [0.1, 0.15) is 29.4 Å². The van der Waals surface area contributed by atoms with Gasteiger partial charge < -0.3 is 9.80 Å². The molecular formula is C19H19FN4O2. The van der Waals surface area contributed by atoms with E-state index in [1.807, 2.05) is 6.92 Å². The van der Waals surface area contributed by atoms with E-state index in [9.17, 15) is 14.0 Å². The molecule has 1 aromatic carbocycles. The van der Waals surface area contributed by atoms with Crippen LogP contribution in [0.2, 0.25) is 0 Å². The zero-order chi connectivity index (χ0) is 18.3. The predicted octanol–water partition coefficient (Wildman–Crippen LogP) is 2.06. The molecule has 26 heavy (non-hydrogen) atoms. The zero-order valence-electron chi connectivity index (χ0n) is 14.4. The van der Waals surface area contributed by atoms with Gasteiger partial charge in [0.05, 0.1) is 12.1 Å². The summed E-state index contributed by atoms with van der Waals surface area (Å²) in [5.41, 5.74) is 1.93. The Labute approximate surface area is 150 Å². The number of anilines is 1. The van der Waals surface area contributed by atoms with Gasteiger partial charge in [-0.3, -0.25) is 14.6 Å². The van der Waals surface area contributed by atoms with E-state index >= 15 is 0 Å². The summed E-state index contributed by atoms with van der Waals surface area (Å²) in [6.45, 7) is 2.74. The lowest BCUT2D eigenvalue weighted by atomic mass is 9.92. The second-order valence-corrected chi connectivity index (χ2v) is 6.87. The number of aryl methyl sites for hydroxylation is 1. The standard InChI is InChI=1S/C19H19FN4O2/c1-12-2-3-13-8-15(20)4-5-17(13)24(12)18(25)14-10-23(11-14)19(26)16-9-21-6-7-22-16/h4-9,12,14H,2-3,10-11H2,1H3/t12-/m1/s1. The van der Waals surface area contributed by atoms with Gasteiger partial charge in [-0.1, -0.05) is 0 Å². The number of amides is 2. The molecule has 1 saturated heterocycles. The third-order valence-electron chi connectivity index (χ3n) is 5.11. The van der Waals surface area contributed by atoms with Gasteiger partial charge in [-0.25, -0.2) is 9.37 Å². The molecule has 1 aromatic heterocycles. The highest BCUT2D eigenvalue weighted by atomic mass is 19.1. The van der Waals surface area contributed by atoms with Gasteiger partial charge in [0, 0.05) is 37.2 Å². The molecule has 1 fully saturated rings. The molecule has 2 aliphatic rings. The van der Waals surface area contributed by atoms with Crippen LogP contribution in [0.25, 0.3) is 0 Å². The van der Waals surface area contributed by atoms with E-state index in [1.54, 1.807) is 15.9 Å². The van der Waals surface area contributed by atoms with Crippen molar-refractivity contribution in [3.63, 3.8) is 0 Å². The fourth-order valence-electron chi connectivity index (χ4n) is 3.63. The van der Waals surface area contributed by atoms with Crippen molar-refractivity contribution in [3.05, 3.63) is 53.9 Å². The van der Waals surface area contributed by atoms with Crippen LogP contribution in [0.5, 0.6) is 0 Å². The van der Waals surface area contributed by atoms with Gasteiger partial charge in [-0.2, -0.15) is 0 Å². The molecule has 0 spiro atoms. The molecule has 0 aliphatic carbocycles. The Balaban J connectivity index is 1.47. The van der Waals surface area contributed by atoms with Crippen molar-refractivity contribution in [1.82, 2.24) is 14.9 Å². The maximum absolute atomic E-state index is 13.5. The molecule has 1 atom stereocenters. The average Bonchev–Trinajstić information content (AvgIpc) is 2.61. The predicted molar refractivity (Wildman–Crippen MR) is 93.1 cm³/mol. The van der Waals surface area contributed by atoms with Crippen LogP contribution in [0.15, 0.2) is 36.8 Å². The molecule has 0 N–H and O–H groups in total. The first-order chi connectivity index (χ1) is 12.5. The molecule has 2 aromatic rings. The second kappa shape index (κ2) is 6.48. The van der Waals surface area contributed by atoms with Crippen molar-refractivity contribution < 1.29 is 14.0 Å². The van der Waals surface area contributed by atoms with Gasteiger partial charge in [0.25, 0.3) is 5.91 Å². The molecule has 2 aliphatic heterocycles. The third kappa shape index (κ3) is 2.83. The summed E-state index contributed by atoms with van der Waals surface area (Å²) in [5.74, 6) is -0.742. The summed E-state index contributed by atoms with van der Waals surface area (Å²) in [6.07, 6.45) is 5.98. The Hall–Kier alpha value is -2.83. The third-order valence-corrected chi connectivity index (χ3v) is 5.11. The van der Waals surface area contributed by atoms with Crippen molar-refractivity contribution in [2.45, 2.75) is 25.8 Å². The lowest BCUT2D eigenvalue weighted by Gasteiger charge is -2.43. The maximum Gasteiger partial charge on any atom is 0.274 e. The number of likely N-dealkylation sites (tertiary alicyclic amines) is 1. The number of hydrogen-bond acceptors (Lipinski definition) is 4. The van der Waals surface area contributed by atoms with Gasteiger partial charge in [-0.15, -0.1) is 0 Å². The SMILES string of the molecule is C[C@@H]1CCc2cc(F)ccc2N1C(=O)C1CN(C(=O)c2cnccn2)C1. The normalized spacial score (nSPS) is 19.7. The second-order valence-electron chi connectivity index (χ2n) is 6.87. The molecule has 3 heterocycles. The highest BCUT2D eigenvalue weighted by Crippen LogP contribution is 2.34. The van der Waals surface area contributed by atoms with Crippen molar-refractivity contribution >= 4 is 17.5 Å². The number of nitrogens with zero attached hydrogens (tertiary/aromatic N) is 4. The fraction of sp³-hybridized carbons (Fsp3) is 0.368. The monoisotopic (exact) mass is 354 g/mol. The van der Waals surface area contributed by atoms with E-state index in [0.717, 1.165) is 24.1 Å². The van der Waals surface area contributed by atoms with Gasteiger partial charge in [-0.05, 0) is 43.5 Å². The minimum Gasteiger partial charge on any atom is -0.336 e. The van der Waals surface area contributed by atoms with Gasteiger partial charge in [0.15, 0.2) is 0 Å². The van der Waals surface area contributed by atoms with Crippen LogP contribution >= 0.6 is 0 Å². The fourth-order valence-corrected chi connectivity index (χ4v) is 3.63. The lowest BCUT2D eigenvalue weighted by molar-refractivity contribution is -0.126. The molecule has 6 nitrogen and oxygen atoms in total. The quantitative estimate of drug-likeness (QED) is 0.828. The van der Waals surface area contributed by atoms with Crippen LogP contribution in [0.4, 0.5) is 10.1 Å². The number of hydrogen-bond donors (Lipinski definition) is 0. The highest BCUT2D eigenvalue weighted by Gasteiger charge is 2.41. The number of carbonyl (C=O) groups is 2. The average molecular weight is 354 g/mol. The Bertz CT molecular complexity index is 852. The summed E-state index contributed by atoms with van der Waals surface area (Å²) in [5, 5.41) is 0. The lowest BCUT2D eigenvalue weighted by Crippen LogP contribution is -2.58. The van der Waals surface area contributed by atoms with Crippen LogP contribution in [0.3, 0.4) is 0 Å². The summed E-state index contributed by atoms with van der Waals surface area (Å²) in [6, 6.07) is 4.64.